The Bertz CT molecular complexity index is 1200. The molecule has 0 saturated heterocycles. The molecule has 8 nitrogen and oxygen atoms in total. The molecule has 0 fully saturated rings. The van der Waals surface area contributed by atoms with Crippen LogP contribution >= 0.6 is 0 Å². The van der Waals surface area contributed by atoms with E-state index in [1.807, 2.05) is 6.07 Å². The fraction of sp³-hybridized carbons (Fsp3) is 0.278. The average molecular weight is 350 g/mol. The first-order chi connectivity index (χ1) is 12.5. The molecule has 4 heterocycles. The van der Waals surface area contributed by atoms with Gasteiger partial charge in [-0.1, -0.05) is 13.8 Å². The number of nitrogens with zero attached hydrogens (tertiary/aromatic N) is 5. The Morgan fingerprint density at radius 1 is 1.08 bits per heavy atom. The Labute approximate surface area is 148 Å². The molecule has 0 radical (unpaired) electrons. The standard InChI is InChI=1S/C18H18N6O2/c1-11(2)3-6-23-7-4-14-12(16(23)25)9-13-15(21-14)5-8-24(17(13)26)18-19-10-20-22-18/h4-5,7-11H,3,6H2,1-2H3,(H,19,20,22). The van der Waals surface area contributed by atoms with Gasteiger partial charge in [-0.3, -0.25) is 14.2 Å². The number of aromatic nitrogens is 6. The number of aromatic amines is 1. The van der Waals surface area contributed by atoms with Gasteiger partial charge < -0.3 is 4.57 Å². The summed E-state index contributed by atoms with van der Waals surface area (Å²) < 4.78 is 3.02. The fourth-order valence-corrected chi connectivity index (χ4v) is 2.92. The number of rotatable bonds is 4. The molecule has 0 aliphatic carbocycles. The van der Waals surface area contributed by atoms with E-state index in [0.29, 0.717) is 40.2 Å². The molecule has 26 heavy (non-hydrogen) atoms. The van der Waals surface area contributed by atoms with Crippen LogP contribution < -0.4 is 11.1 Å². The number of fused-ring (bicyclic) bond motifs is 2. The Morgan fingerprint density at radius 2 is 1.81 bits per heavy atom. The van der Waals surface area contributed by atoms with Gasteiger partial charge >= 0.3 is 0 Å². The highest BCUT2D eigenvalue weighted by atomic mass is 16.1. The highest BCUT2D eigenvalue weighted by Crippen LogP contribution is 2.15. The van der Waals surface area contributed by atoms with E-state index in [1.165, 1.54) is 10.9 Å². The van der Waals surface area contributed by atoms with Crippen molar-refractivity contribution in [3.8, 4) is 5.95 Å². The molecule has 132 valence electrons. The highest BCUT2D eigenvalue weighted by molar-refractivity contribution is 5.91. The van der Waals surface area contributed by atoms with Crippen molar-refractivity contribution in [3.63, 3.8) is 0 Å². The molecule has 0 saturated carbocycles. The largest absolute Gasteiger partial charge is 0.315 e. The molecule has 0 atom stereocenters. The lowest BCUT2D eigenvalue weighted by atomic mass is 10.1. The zero-order valence-electron chi connectivity index (χ0n) is 14.5. The van der Waals surface area contributed by atoms with Crippen LogP contribution in [0.2, 0.25) is 0 Å². The third-order valence-electron chi connectivity index (χ3n) is 4.39. The molecule has 0 unspecified atom stereocenters. The van der Waals surface area contributed by atoms with Crippen LogP contribution in [0.3, 0.4) is 0 Å². The van der Waals surface area contributed by atoms with Crippen LogP contribution in [0.1, 0.15) is 20.3 Å². The molecule has 0 aliphatic heterocycles. The van der Waals surface area contributed by atoms with Crippen molar-refractivity contribution < 1.29 is 0 Å². The minimum Gasteiger partial charge on any atom is -0.315 e. The van der Waals surface area contributed by atoms with Crippen molar-refractivity contribution in [1.29, 1.82) is 0 Å². The van der Waals surface area contributed by atoms with Crippen LogP contribution in [0.25, 0.3) is 27.8 Å². The van der Waals surface area contributed by atoms with Crippen molar-refractivity contribution in [1.82, 2.24) is 29.3 Å². The summed E-state index contributed by atoms with van der Waals surface area (Å²) in [7, 11) is 0. The maximum absolute atomic E-state index is 12.8. The first kappa shape index (κ1) is 16.2. The molecule has 8 heteroatoms. The van der Waals surface area contributed by atoms with Gasteiger partial charge in [-0.15, -0.1) is 0 Å². The van der Waals surface area contributed by atoms with E-state index in [4.69, 9.17) is 0 Å². The SMILES string of the molecule is CC(C)CCn1ccc2nc3ccn(-c4ncn[nH]4)c(=O)c3cc2c1=O. The molecule has 4 aromatic rings. The van der Waals surface area contributed by atoms with Crippen molar-refractivity contribution >= 4 is 21.8 Å². The summed E-state index contributed by atoms with van der Waals surface area (Å²) in [4.78, 5) is 34.1. The predicted octanol–water partition coefficient (Wildman–Crippen LogP) is 1.86. The van der Waals surface area contributed by atoms with E-state index in [1.54, 1.807) is 29.1 Å². The van der Waals surface area contributed by atoms with Crippen molar-refractivity contribution in [2.45, 2.75) is 26.8 Å². The maximum atomic E-state index is 12.8. The molecule has 0 aromatic carbocycles. The Kier molecular flexibility index (Phi) is 3.87. The van der Waals surface area contributed by atoms with Crippen LogP contribution in [-0.2, 0) is 6.54 Å². The fourth-order valence-electron chi connectivity index (χ4n) is 2.92. The molecule has 4 rings (SSSR count). The minimum atomic E-state index is -0.300. The number of aryl methyl sites for hydroxylation is 1. The third kappa shape index (κ3) is 2.69. The zero-order valence-corrected chi connectivity index (χ0v) is 14.5. The van der Waals surface area contributed by atoms with Crippen molar-refractivity contribution in [2.24, 2.45) is 5.92 Å². The first-order valence-electron chi connectivity index (χ1n) is 8.46. The number of H-pyrrole nitrogens is 1. The molecule has 4 aromatic heterocycles. The molecular weight excluding hydrogens is 332 g/mol. The number of hydrogen-bond acceptors (Lipinski definition) is 5. The minimum absolute atomic E-state index is 0.132. The van der Waals surface area contributed by atoms with Crippen LogP contribution in [0.4, 0.5) is 0 Å². The lowest BCUT2D eigenvalue weighted by Gasteiger charge is -2.09. The molecular formula is C18H18N6O2. The van der Waals surface area contributed by atoms with Crippen LogP contribution in [0, 0.1) is 5.92 Å². The highest BCUT2D eigenvalue weighted by Gasteiger charge is 2.11. The van der Waals surface area contributed by atoms with Gasteiger partial charge in [0.2, 0.25) is 5.95 Å². The molecule has 0 bridgehead atoms. The Morgan fingerprint density at radius 3 is 2.50 bits per heavy atom. The number of hydrogen-bond donors (Lipinski definition) is 1. The van der Waals surface area contributed by atoms with E-state index in [9.17, 15) is 9.59 Å². The molecule has 1 N–H and O–H groups in total. The quantitative estimate of drug-likeness (QED) is 0.567. The van der Waals surface area contributed by atoms with Gasteiger partial charge in [-0.05, 0) is 30.5 Å². The summed E-state index contributed by atoms with van der Waals surface area (Å²) in [5.74, 6) is 0.820. The second-order valence-corrected chi connectivity index (χ2v) is 6.65. The summed E-state index contributed by atoms with van der Waals surface area (Å²) in [6, 6.07) is 5.17. The zero-order chi connectivity index (χ0) is 18.3. The van der Waals surface area contributed by atoms with E-state index < -0.39 is 0 Å². The van der Waals surface area contributed by atoms with Crippen LogP contribution in [0.5, 0.6) is 0 Å². The van der Waals surface area contributed by atoms with E-state index in [0.717, 1.165) is 6.42 Å². The monoisotopic (exact) mass is 350 g/mol. The van der Waals surface area contributed by atoms with Gasteiger partial charge in [0.05, 0.1) is 21.8 Å². The lowest BCUT2D eigenvalue weighted by Crippen LogP contribution is -2.22. The van der Waals surface area contributed by atoms with Gasteiger partial charge in [-0.25, -0.2) is 10.1 Å². The van der Waals surface area contributed by atoms with Crippen LogP contribution in [0.15, 0.2) is 46.5 Å². The van der Waals surface area contributed by atoms with Gasteiger partial charge in [0.25, 0.3) is 11.1 Å². The van der Waals surface area contributed by atoms with Gasteiger partial charge in [0.1, 0.15) is 6.33 Å². The van der Waals surface area contributed by atoms with Gasteiger partial charge in [0.15, 0.2) is 0 Å². The van der Waals surface area contributed by atoms with Gasteiger partial charge in [0, 0.05) is 18.9 Å². The Hall–Kier alpha value is -3.29. The summed E-state index contributed by atoms with van der Waals surface area (Å²) in [6.07, 6.45) is 5.60. The van der Waals surface area contributed by atoms with Crippen molar-refractivity contribution in [2.75, 3.05) is 0 Å². The normalized spacial score (nSPS) is 11.7. The number of nitrogens with one attached hydrogen (secondary N) is 1. The Balaban J connectivity index is 1.93. The smallest absolute Gasteiger partial charge is 0.266 e. The maximum Gasteiger partial charge on any atom is 0.266 e. The topological polar surface area (TPSA) is 98.5 Å². The number of pyridine rings is 3. The van der Waals surface area contributed by atoms with E-state index in [-0.39, 0.29) is 11.1 Å². The summed E-state index contributed by atoms with van der Waals surface area (Å²) in [5, 5.41) is 7.24. The van der Waals surface area contributed by atoms with Crippen LogP contribution in [-0.4, -0.2) is 29.3 Å². The molecule has 0 aliphatic rings. The second-order valence-electron chi connectivity index (χ2n) is 6.65. The van der Waals surface area contributed by atoms with Gasteiger partial charge in [-0.2, -0.15) is 10.1 Å². The summed E-state index contributed by atoms with van der Waals surface area (Å²) in [6.45, 7) is 4.88. The lowest BCUT2D eigenvalue weighted by molar-refractivity contribution is 0.509. The molecule has 0 amide bonds. The summed E-state index contributed by atoms with van der Waals surface area (Å²) in [5.41, 5.74) is 0.690. The summed E-state index contributed by atoms with van der Waals surface area (Å²) >= 11 is 0. The third-order valence-corrected chi connectivity index (χ3v) is 4.39. The van der Waals surface area contributed by atoms with Crippen molar-refractivity contribution in [3.05, 3.63) is 57.6 Å². The second kappa shape index (κ2) is 6.21. The average Bonchev–Trinajstić information content (AvgIpc) is 3.15. The first-order valence-corrected chi connectivity index (χ1v) is 8.46. The predicted molar refractivity (Wildman–Crippen MR) is 98.5 cm³/mol. The van der Waals surface area contributed by atoms with E-state index in [2.05, 4.69) is 34.0 Å². The molecule has 0 spiro atoms. The van der Waals surface area contributed by atoms with E-state index >= 15 is 0 Å².